The van der Waals surface area contributed by atoms with E-state index in [-0.39, 0.29) is 11.9 Å². The summed E-state index contributed by atoms with van der Waals surface area (Å²) < 4.78 is 11.5. The van der Waals surface area contributed by atoms with Crippen molar-refractivity contribution in [1.82, 2.24) is 4.98 Å². The van der Waals surface area contributed by atoms with Gasteiger partial charge in [-0.15, -0.1) is 0 Å². The number of nitrogens with zero attached hydrogens (tertiary/aromatic N) is 1. The number of rotatable bonds is 6. The Bertz CT molecular complexity index is 588. The lowest BCUT2D eigenvalue weighted by molar-refractivity contribution is -0.111. The number of hydrogen-bond acceptors (Lipinski definition) is 5. The third kappa shape index (κ3) is 3.30. The maximum atomic E-state index is 11.6. The van der Waals surface area contributed by atoms with Gasteiger partial charge in [0.25, 0.3) is 0 Å². The molecule has 0 bridgehead atoms. The lowest BCUT2D eigenvalue weighted by atomic mass is 10.1. The molecule has 2 fully saturated rings. The first-order valence-corrected chi connectivity index (χ1v) is 7.87. The largest absolute Gasteiger partial charge is 0.489 e. The molecule has 1 aromatic heterocycles. The lowest BCUT2D eigenvalue weighted by Gasteiger charge is -2.15. The zero-order chi connectivity index (χ0) is 15.5. The fraction of sp³-hybridized carbons (Fsp3) is 0.529. The van der Waals surface area contributed by atoms with Crippen LogP contribution in [0.25, 0.3) is 5.57 Å². The van der Waals surface area contributed by atoms with Crippen molar-refractivity contribution in [3.63, 3.8) is 0 Å². The van der Waals surface area contributed by atoms with Crippen LogP contribution < -0.4 is 10.5 Å². The van der Waals surface area contributed by atoms with E-state index in [9.17, 15) is 4.79 Å². The molecule has 0 radical (unpaired) electrons. The molecule has 1 unspecified atom stereocenters. The van der Waals surface area contributed by atoms with Crippen molar-refractivity contribution in [2.75, 3.05) is 13.2 Å². The molecule has 0 spiro atoms. The van der Waals surface area contributed by atoms with Crippen molar-refractivity contribution in [1.29, 1.82) is 0 Å². The topological polar surface area (TPSA) is 74.4 Å². The minimum absolute atomic E-state index is 0.0789. The van der Waals surface area contributed by atoms with Gasteiger partial charge >= 0.3 is 0 Å². The summed E-state index contributed by atoms with van der Waals surface area (Å²) in [6.45, 7) is 2.88. The van der Waals surface area contributed by atoms with Crippen molar-refractivity contribution in [3.05, 3.63) is 29.7 Å². The predicted molar refractivity (Wildman–Crippen MR) is 83.5 cm³/mol. The van der Waals surface area contributed by atoms with Crippen molar-refractivity contribution < 1.29 is 14.3 Å². The van der Waals surface area contributed by atoms with Gasteiger partial charge in [0.15, 0.2) is 5.78 Å². The number of allylic oxidation sites excluding steroid dienone is 1. The molecule has 2 aliphatic rings. The molecule has 1 aliphatic heterocycles. The van der Waals surface area contributed by atoms with Crippen LogP contribution in [0.3, 0.4) is 0 Å². The molecule has 1 saturated carbocycles. The second-order valence-corrected chi connectivity index (χ2v) is 5.94. The summed E-state index contributed by atoms with van der Waals surface area (Å²) in [6, 6.07) is 3.70. The van der Waals surface area contributed by atoms with Gasteiger partial charge in [-0.05, 0) is 44.7 Å². The average Bonchev–Trinajstić information content (AvgIpc) is 3.22. The maximum absolute atomic E-state index is 11.6. The van der Waals surface area contributed by atoms with E-state index >= 15 is 0 Å². The van der Waals surface area contributed by atoms with Crippen LogP contribution in [0, 0.1) is 0 Å². The molecule has 1 aliphatic carbocycles. The molecule has 0 amide bonds. The molecule has 2 N–H and O–H groups in total. The number of nitrogens with two attached hydrogens (primary N) is 1. The van der Waals surface area contributed by atoms with E-state index < -0.39 is 0 Å². The van der Waals surface area contributed by atoms with Crippen LogP contribution in [0.15, 0.2) is 18.3 Å². The Labute approximate surface area is 130 Å². The Balaban J connectivity index is 1.79. The van der Waals surface area contributed by atoms with Gasteiger partial charge in [0.2, 0.25) is 0 Å². The summed E-state index contributed by atoms with van der Waals surface area (Å²) in [5.41, 5.74) is 7.57. The molecular formula is C17H22N2O3. The van der Waals surface area contributed by atoms with E-state index in [1.54, 1.807) is 6.07 Å². The van der Waals surface area contributed by atoms with E-state index in [0.717, 1.165) is 43.7 Å². The Hall–Kier alpha value is -1.88. The summed E-state index contributed by atoms with van der Waals surface area (Å²) in [7, 11) is 0. The molecule has 0 aromatic carbocycles. The highest BCUT2D eigenvalue weighted by molar-refractivity contribution is 6.18. The van der Waals surface area contributed by atoms with E-state index in [0.29, 0.717) is 23.8 Å². The van der Waals surface area contributed by atoms with Crippen LogP contribution >= 0.6 is 0 Å². The third-order valence-electron chi connectivity index (χ3n) is 4.12. The molecular weight excluding hydrogens is 280 g/mol. The molecule has 2 heterocycles. The van der Waals surface area contributed by atoms with Crippen LogP contribution in [0.1, 0.15) is 49.9 Å². The number of ether oxygens (including phenoxy) is 2. The number of carbonyl (C=O) groups is 1. The second kappa shape index (κ2) is 6.48. The van der Waals surface area contributed by atoms with Gasteiger partial charge < -0.3 is 15.2 Å². The van der Waals surface area contributed by atoms with Gasteiger partial charge in [-0.2, -0.15) is 0 Å². The molecule has 1 saturated heterocycles. The van der Waals surface area contributed by atoms with Crippen LogP contribution in [0.5, 0.6) is 5.75 Å². The monoisotopic (exact) mass is 302 g/mol. The van der Waals surface area contributed by atoms with Gasteiger partial charge in [0, 0.05) is 18.7 Å². The van der Waals surface area contributed by atoms with E-state index in [4.69, 9.17) is 15.2 Å². The van der Waals surface area contributed by atoms with Crippen molar-refractivity contribution in [2.45, 2.75) is 44.6 Å². The summed E-state index contributed by atoms with van der Waals surface area (Å²) in [4.78, 5) is 16.3. The van der Waals surface area contributed by atoms with Gasteiger partial charge in [-0.25, -0.2) is 4.98 Å². The fourth-order valence-electron chi connectivity index (χ4n) is 2.73. The van der Waals surface area contributed by atoms with E-state index in [1.165, 1.54) is 13.1 Å². The number of hydrogen-bond donors (Lipinski definition) is 1. The van der Waals surface area contributed by atoms with Crippen LogP contribution in [0.2, 0.25) is 0 Å². The minimum atomic E-state index is -0.0789. The Morgan fingerprint density at radius 2 is 2.27 bits per heavy atom. The SMILES string of the molecule is CC(=O)C(=CN)c1ccc(OCC2CCCO2)c(C2CC2)n1. The van der Waals surface area contributed by atoms with Crippen molar-refractivity contribution in [2.24, 2.45) is 5.73 Å². The highest BCUT2D eigenvalue weighted by Crippen LogP contribution is 2.43. The summed E-state index contributed by atoms with van der Waals surface area (Å²) in [6.07, 6.45) is 5.90. The third-order valence-corrected chi connectivity index (χ3v) is 4.12. The van der Waals surface area contributed by atoms with Crippen molar-refractivity contribution >= 4 is 11.4 Å². The molecule has 22 heavy (non-hydrogen) atoms. The Morgan fingerprint density at radius 3 is 2.86 bits per heavy atom. The fourth-order valence-corrected chi connectivity index (χ4v) is 2.73. The predicted octanol–water partition coefficient (Wildman–Crippen LogP) is 2.41. The van der Waals surface area contributed by atoms with Gasteiger partial charge in [-0.3, -0.25) is 4.79 Å². The Kier molecular flexibility index (Phi) is 4.43. The van der Waals surface area contributed by atoms with Crippen LogP contribution in [-0.4, -0.2) is 30.1 Å². The molecule has 118 valence electrons. The standard InChI is InChI=1S/C17H22N2O3/c1-11(20)14(9-18)15-6-7-16(17(19-15)12-4-5-12)22-10-13-3-2-8-21-13/h6-7,9,12-13H,2-5,8,10,18H2,1H3. The smallest absolute Gasteiger partial charge is 0.163 e. The van der Waals surface area contributed by atoms with Crippen molar-refractivity contribution in [3.8, 4) is 5.75 Å². The zero-order valence-corrected chi connectivity index (χ0v) is 12.9. The first-order chi connectivity index (χ1) is 10.7. The molecule has 5 nitrogen and oxygen atoms in total. The van der Waals surface area contributed by atoms with E-state index in [1.807, 2.05) is 6.07 Å². The molecule has 3 rings (SSSR count). The van der Waals surface area contributed by atoms with E-state index in [2.05, 4.69) is 4.98 Å². The summed E-state index contributed by atoms with van der Waals surface area (Å²) >= 11 is 0. The minimum Gasteiger partial charge on any atom is -0.489 e. The number of ketones is 1. The Morgan fingerprint density at radius 1 is 1.45 bits per heavy atom. The van der Waals surface area contributed by atoms with Gasteiger partial charge in [0.1, 0.15) is 12.4 Å². The first kappa shape index (κ1) is 15.0. The number of pyridine rings is 1. The number of carbonyl (C=O) groups excluding carboxylic acids is 1. The summed E-state index contributed by atoms with van der Waals surface area (Å²) in [5.74, 6) is 1.16. The molecule has 5 heteroatoms. The lowest BCUT2D eigenvalue weighted by Crippen LogP contribution is -2.17. The molecule has 1 atom stereocenters. The zero-order valence-electron chi connectivity index (χ0n) is 12.9. The number of aromatic nitrogens is 1. The maximum Gasteiger partial charge on any atom is 0.163 e. The number of Topliss-reactive ketones (excluding diaryl/α,β-unsaturated/α-hetero) is 1. The van der Waals surface area contributed by atoms with Gasteiger partial charge in [0.05, 0.1) is 23.1 Å². The average molecular weight is 302 g/mol. The van der Waals surface area contributed by atoms with Crippen LogP contribution in [-0.2, 0) is 9.53 Å². The quantitative estimate of drug-likeness (QED) is 0.817. The normalized spacial score (nSPS) is 21.9. The van der Waals surface area contributed by atoms with Crippen LogP contribution in [0.4, 0.5) is 0 Å². The second-order valence-electron chi connectivity index (χ2n) is 5.94. The highest BCUT2D eigenvalue weighted by Gasteiger charge is 2.30. The summed E-state index contributed by atoms with van der Waals surface area (Å²) in [5, 5.41) is 0. The first-order valence-electron chi connectivity index (χ1n) is 7.87. The molecule has 1 aromatic rings. The van der Waals surface area contributed by atoms with Gasteiger partial charge in [-0.1, -0.05) is 0 Å². The highest BCUT2D eigenvalue weighted by atomic mass is 16.5.